The number of nitrogen functional groups attached to an aromatic ring is 1. The van der Waals surface area contributed by atoms with Crippen molar-refractivity contribution in [3.05, 3.63) is 23.2 Å². The Kier molecular flexibility index (Phi) is 3.37. The molecule has 1 aromatic rings. The average molecular weight is 225 g/mol. The van der Waals surface area contributed by atoms with Crippen LogP contribution in [0.5, 0.6) is 0 Å². The highest BCUT2D eigenvalue weighted by Crippen LogP contribution is 2.29. The molecular formula is C12H17ClN2. The molecule has 82 valence electrons. The SMILES string of the molecule is Nc1c(Cl)cccc1NCC1CCCC1. The van der Waals surface area contributed by atoms with E-state index in [4.69, 9.17) is 17.3 Å². The van der Waals surface area contributed by atoms with Crippen LogP contribution in [0.2, 0.25) is 5.02 Å². The number of nitrogens with two attached hydrogens (primary N) is 1. The standard InChI is InChI=1S/C12H17ClN2/c13-10-6-3-7-11(12(10)14)15-8-9-4-1-2-5-9/h3,6-7,9,15H,1-2,4-5,8,14H2. The second-order valence-corrected chi connectivity index (χ2v) is 4.64. The number of halogens is 1. The van der Waals surface area contributed by atoms with Gasteiger partial charge in [0, 0.05) is 6.54 Å². The van der Waals surface area contributed by atoms with E-state index < -0.39 is 0 Å². The maximum absolute atomic E-state index is 5.94. The molecule has 3 N–H and O–H groups in total. The molecule has 2 rings (SSSR count). The van der Waals surface area contributed by atoms with Crippen molar-refractivity contribution in [1.29, 1.82) is 0 Å². The average Bonchev–Trinajstić information content (AvgIpc) is 2.73. The molecule has 1 aliphatic carbocycles. The van der Waals surface area contributed by atoms with Crippen LogP contribution in [0.4, 0.5) is 11.4 Å². The van der Waals surface area contributed by atoms with Gasteiger partial charge in [-0.05, 0) is 30.9 Å². The van der Waals surface area contributed by atoms with Crippen LogP contribution in [0.15, 0.2) is 18.2 Å². The zero-order valence-corrected chi connectivity index (χ0v) is 9.56. The number of benzene rings is 1. The first-order valence-corrected chi connectivity index (χ1v) is 5.93. The minimum absolute atomic E-state index is 0.631. The first-order valence-electron chi connectivity index (χ1n) is 5.55. The van der Waals surface area contributed by atoms with Crippen LogP contribution in [0.25, 0.3) is 0 Å². The largest absolute Gasteiger partial charge is 0.396 e. The summed E-state index contributed by atoms with van der Waals surface area (Å²) in [5, 5.41) is 4.02. The van der Waals surface area contributed by atoms with Crippen LogP contribution in [-0.4, -0.2) is 6.54 Å². The highest BCUT2D eigenvalue weighted by molar-refractivity contribution is 6.33. The van der Waals surface area contributed by atoms with Crippen LogP contribution in [0.1, 0.15) is 25.7 Å². The van der Waals surface area contributed by atoms with E-state index in [0.29, 0.717) is 10.7 Å². The molecule has 0 saturated heterocycles. The van der Waals surface area contributed by atoms with Crippen LogP contribution in [-0.2, 0) is 0 Å². The third-order valence-electron chi connectivity index (χ3n) is 3.11. The predicted molar refractivity (Wildman–Crippen MR) is 66.3 cm³/mol. The molecule has 0 heterocycles. The van der Waals surface area contributed by atoms with Gasteiger partial charge in [0.25, 0.3) is 0 Å². The third-order valence-corrected chi connectivity index (χ3v) is 3.44. The van der Waals surface area contributed by atoms with E-state index in [-0.39, 0.29) is 0 Å². The summed E-state index contributed by atoms with van der Waals surface area (Å²) in [6.07, 6.45) is 5.43. The zero-order chi connectivity index (χ0) is 10.7. The Morgan fingerprint density at radius 3 is 2.80 bits per heavy atom. The lowest BCUT2D eigenvalue weighted by Crippen LogP contribution is -2.12. The lowest BCUT2D eigenvalue weighted by molar-refractivity contribution is 0.580. The molecule has 0 unspecified atom stereocenters. The molecule has 0 amide bonds. The summed E-state index contributed by atoms with van der Waals surface area (Å²) in [4.78, 5) is 0. The Morgan fingerprint density at radius 2 is 2.07 bits per heavy atom. The summed E-state index contributed by atoms with van der Waals surface area (Å²) in [5.74, 6) is 0.809. The minimum Gasteiger partial charge on any atom is -0.396 e. The second-order valence-electron chi connectivity index (χ2n) is 4.23. The Hall–Kier alpha value is -0.890. The molecule has 0 aromatic heterocycles. The second kappa shape index (κ2) is 4.75. The molecule has 0 aliphatic heterocycles. The van der Waals surface area contributed by atoms with Crippen molar-refractivity contribution < 1.29 is 0 Å². The summed E-state index contributed by atoms with van der Waals surface area (Å²) in [6, 6.07) is 5.73. The molecule has 0 spiro atoms. The smallest absolute Gasteiger partial charge is 0.0739 e. The van der Waals surface area contributed by atoms with Gasteiger partial charge in [0.05, 0.1) is 16.4 Å². The highest BCUT2D eigenvalue weighted by Gasteiger charge is 2.14. The summed E-state index contributed by atoms with van der Waals surface area (Å²) < 4.78 is 0. The monoisotopic (exact) mass is 224 g/mol. The Bertz CT molecular complexity index is 332. The van der Waals surface area contributed by atoms with Crippen LogP contribution in [0, 0.1) is 5.92 Å². The van der Waals surface area contributed by atoms with Gasteiger partial charge in [-0.15, -0.1) is 0 Å². The molecule has 0 atom stereocenters. The third kappa shape index (κ3) is 2.57. The zero-order valence-electron chi connectivity index (χ0n) is 8.80. The molecule has 1 aromatic carbocycles. The van der Waals surface area contributed by atoms with Crippen LogP contribution >= 0.6 is 11.6 Å². The quantitative estimate of drug-likeness (QED) is 0.771. The van der Waals surface area contributed by atoms with Crippen molar-refractivity contribution in [2.45, 2.75) is 25.7 Å². The van der Waals surface area contributed by atoms with Gasteiger partial charge in [-0.25, -0.2) is 0 Å². The summed E-state index contributed by atoms with van der Waals surface area (Å²) in [6.45, 7) is 1.02. The number of hydrogen-bond acceptors (Lipinski definition) is 2. The first kappa shape index (κ1) is 10.6. The molecule has 0 radical (unpaired) electrons. The number of anilines is 2. The first-order chi connectivity index (χ1) is 7.27. The topological polar surface area (TPSA) is 38.0 Å². The van der Waals surface area contributed by atoms with E-state index in [0.717, 1.165) is 18.2 Å². The number of para-hydroxylation sites is 1. The van der Waals surface area contributed by atoms with E-state index in [2.05, 4.69) is 5.32 Å². The van der Waals surface area contributed by atoms with Gasteiger partial charge < -0.3 is 11.1 Å². The Labute approximate surface area is 95.8 Å². The van der Waals surface area contributed by atoms with Gasteiger partial charge in [0.2, 0.25) is 0 Å². The lowest BCUT2D eigenvalue weighted by Gasteiger charge is -2.13. The number of hydrogen-bond donors (Lipinski definition) is 2. The molecular weight excluding hydrogens is 208 g/mol. The van der Waals surface area contributed by atoms with Gasteiger partial charge in [0.15, 0.2) is 0 Å². The Balaban J connectivity index is 1.95. The minimum atomic E-state index is 0.631. The molecule has 15 heavy (non-hydrogen) atoms. The number of rotatable bonds is 3. The van der Waals surface area contributed by atoms with Crippen molar-refractivity contribution in [3.8, 4) is 0 Å². The van der Waals surface area contributed by atoms with Crippen molar-refractivity contribution in [3.63, 3.8) is 0 Å². The van der Waals surface area contributed by atoms with Gasteiger partial charge >= 0.3 is 0 Å². The molecule has 1 fully saturated rings. The fourth-order valence-corrected chi connectivity index (χ4v) is 2.33. The maximum Gasteiger partial charge on any atom is 0.0739 e. The van der Waals surface area contributed by atoms with E-state index in [1.165, 1.54) is 25.7 Å². The molecule has 3 heteroatoms. The van der Waals surface area contributed by atoms with E-state index in [1.54, 1.807) is 0 Å². The lowest BCUT2D eigenvalue weighted by atomic mass is 10.1. The van der Waals surface area contributed by atoms with Gasteiger partial charge in [-0.2, -0.15) is 0 Å². The van der Waals surface area contributed by atoms with Crippen molar-refractivity contribution >= 4 is 23.0 Å². The van der Waals surface area contributed by atoms with E-state index in [9.17, 15) is 0 Å². The fraction of sp³-hybridized carbons (Fsp3) is 0.500. The van der Waals surface area contributed by atoms with Crippen molar-refractivity contribution in [2.24, 2.45) is 5.92 Å². The van der Waals surface area contributed by atoms with Gasteiger partial charge in [-0.3, -0.25) is 0 Å². The summed E-state index contributed by atoms with van der Waals surface area (Å²) in [5.41, 5.74) is 7.50. The molecule has 1 aliphatic rings. The van der Waals surface area contributed by atoms with Crippen molar-refractivity contribution in [2.75, 3.05) is 17.6 Å². The van der Waals surface area contributed by atoms with Gasteiger partial charge in [0.1, 0.15) is 0 Å². The highest BCUT2D eigenvalue weighted by atomic mass is 35.5. The summed E-state index contributed by atoms with van der Waals surface area (Å²) >= 11 is 5.94. The summed E-state index contributed by atoms with van der Waals surface area (Å²) in [7, 11) is 0. The number of nitrogens with one attached hydrogen (secondary N) is 1. The molecule has 2 nitrogen and oxygen atoms in total. The predicted octanol–water partition coefficient (Wildman–Crippen LogP) is 3.52. The maximum atomic E-state index is 5.94. The normalized spacial score (nSPS) is 16.9. The van der Waals surface area contributed by atoms with Crippen LogP contribution in [0.3, 0.4) is 0 Å². The molecule has 1 saturated carbocycles. The van der Waals surface area contributed by atoms with Crippen LogP contribution < -0.4 is 11.1 Å². The molecule has 0 bridgehead atoms. The van der Waals surface area contributed by atoms with E-state index in [1.807, 2.05) is 18.2 Å². The van der Waals surface area contributed by atoms with Crippen molar-refractivity contribution in [1.82, 2.24) is 0 Å². The Morgan fingerprint density at radius 1 is 1.33 bits per heavy atom. The van der Waals surface area contributed by atoms with Gasteiger partial charge in [-0.1, -0.05) is 30.5 Å². The van der Waals surface area contributed by atoms with E-state index >= 15 is 0 Å². The fourth-order valence-electron chi connectivity index (χ4n) is 2.16.